The normalized spacial score (nSPS) is 15.7. The Kier molecular flexibility index (Phi) is 4.25. The molecule has 1 aliphatic rings. The quantitative estimate of drug-likeness (QED) is 0.843. The van der Waals surface area contributed by atoms with Crippen molar-refractivity contribution >= 4 is 11.8 Å². The van der Waals surface area contributed by atoms with Crippen LogP contribution in [0.15, 0.2) is 60.8 Å². The zero-order valence-corrected chi connectivity index (χ0v) is 12.6. The summed E-state index contributed by atoms with van der Waals surface area (Å²) in [5, 5.41) is 0. The predicted molar refractivity (Wildman–Crippen MR) is 90.4 cm³/mol. The van der Waals surface area contributed by atoms with Crippen molar-refractivity contribution < 1.29 is 0 Å². The maximum absolute atomic E-state index is 2.47. The van der Waals surface area contributed by atoms with Gasteiger partial charge in [-0.2, -0.15) is 0 Å². The molecule has 2 aromatic carbocycles. The Morgan fingerprint density at radius 3 is 2.33 bits per heavy atom. The summed E-state index contributed by atoms with van der Waals surface area (Å²) in [6.45, 7) is 6.49. The van der Waals surface area contributed by atoms with E-state index in [1.165, 1.54) is 16.8 Å². The first-order valence-corrected chi connectivity index (χ1v) is 7.60. The largest absolute Gasteiger partial charge is 0.374 e. The minimum absolute atomic E-state index is 1.08. The van der Waals surface area contributed by atoms with Gasteiger partial charge in [0.05, 0.1) is 0 Å². The molecule has 0 bridgehead atoms. The maximum atomic E-state index is 2.47. The van der Waals surface area contributed by atoms with Crippen LogP contribution in [0.1, 0.15) is 11.1 Å². The van der Waals surface area contributed by atoms with Crippen molar-refractivity contribution in [2.24, 2.45) is 0 Å². The molecule has 0 unspecified atom stereocenters. The Morgan fingerprint density at radius 2 is 1.62 bits per heavy atom. The highest BCUT2D eigenvalue weighted by atomic mass is 15.3. The molecule has 0 saturated carbocycles. The van der Waals surface area contributed by atoms with Gasteiger partial charge in [0.15, 0.2) is 0 Å². The highest BCUT2D eigenvalue weighted by molar-refractivity contribution is 5.50. The predicted octanol–water partition coefficient (Wildman–Crippen LogP) is 3.79. The molecule has 1 saturated heterocycles. The van der Waals surface area contributed by atoms with Crippen LogP contribution in [0.25, 0.3) is 6.08 Å². The van der Waals surface area contributed by atoms with E-state index in [9.17, 15) is 0 Å². The van der Waals surface area contributed by atoms with E-state index in [1.54, 1.807) is 0 Å². The number of hydrogen-bond acceptors (Lipinski definition) is 2. The number of anilines is 1. The lowest BCUT2D eigenvalue weighted by atomic mass is 10.2. The zero-order valence-electron chi connectivity index (χ0n) is 12.6. The molecule has 0 radical (unpaired) electrons. The first-order chi connectivity index (χ1) is 10.3. The molecule has 2 nitrogen and oxygen atoms in total. The van der Waals surface area contributed by atoms with Crippen LogP contribution in [0.3, 0.4) is 0 Å². The Morgan fingerprint density at radius 1 is 0.857 bits per heavy atom. The van der Waals surface area contributed by atoms with Crippen LogP contribution >= 0.6 is 0 Å². The molecule has 0 atom stereocenters. The zero-order chi connectivity index (χ0) is 14.5. The molecule has 2 aromatic rings. The van der Waals surface area contributed by atoms with E-state index in [1.807, 2.05) is 0 Å². The Balaban J connectivity index is 1.57. The van der Waals surface area contributed by atoms with Gasteiger partial charge in [-0.25, -0.2) is 0 Å². The molecule has 0 N–H and O–H groups in total. The van der Waals surface area contributed by atoms with Crippen molar-refractivity contribution in [2.45, 2.75) is 6.92 Å². The molecule has 1 heterocycles. The van der Waals surface area contributed by atoms with E-state index >= 15 is 0 Å². The van der Waals surface area contributed by atoms with E-state index in [0.29, 0.717) is 0 Å². The highest BCUT2D eigenvalue weighted by Crippen LogP contribution is 2.18. The van der Waals surface area contributed by atoms with Crippen LogP contribution in [0.4, 0.5) is 5.69 Å². The molecule has 1 fully saturated rings. The summed E-state index contributed by atoms with van der Waals surface area (Å²) >= 11 is 0. The fourth-order valence-corrected chi connectivity index (χ4v) is 2.71. The second kappa shape index (κ2) is 6.49. The van der Waals surface area contributed by atoms with Crippen LogP contribution in [0.5, 0.6) is 0 Å². The van der Waals surface area contributed by atoms with Crippen molar-refractivity contribution in [3.05, 3.63) is 71.9 Å². The van der Waals surface area contributed by atoms with Gasteiger partial charge in [-0.05, 0) is 42.5 Å². The number of hydrogen-bond donors (Lipinski definition) is 0. The van der Waals surface area contributed by atoms with Gasteiger partial charge in [-0.1, -0.05) is 42.5 Å². The van der Waals surface area contributed by atoms with Gasteiger partial charge < -0.3 is 9.80 Å². The lowest BCUT2D eigenvalue weighted by Crippen LogP contribution is -2.44. The third kappa shape index (κ3) is 3.66. The highest BCUT2D eigenvalue weighted by Gasteiger charge is 2.14. The Hall–Kier alpha value is -2.22. The molecule has 0 aromatic heterocycles. The smallest absolute Gasteiger partial charge is 0.0370 e. The van der Waals surface area contributed by atoms with E-state index in [0.717, 1.165) is 26.2 Å². The topological polar surface area (TPSA) is 6.48 Å². The molecule has 108 valence electrons. The van der Waals surface area contributed by atoms with Crippen molar-refractivity contribution in [1.29, 1.82) is 0 Å². The summed E-state index contributed by atoms with van der Waals surface area (Å²) in [5.41, 5.74) is 3.94. The van der Waals surface area contributed by atoms with Crippen molar-refractivity contribution in [3.8, 4) is 0 Å². The molecule has 0 aliphatic carbocycles. The van der Waals surface area contributed by atoms with Gasteiger partial charge in [0.1, 0.15) is 0 Å². The van der Waals surface area contributed by atoms with Gasteiger partial charge in [0.25, 0.3) is 0 Å². The second-order valence-corrected chi connectivity index (χ2v) is 5.59. The molecular weight excluding hydrogens is 256 g/mol. The monoisotopic (exact) mass is 278 g/mol. The molecule has 2 heteroatoms. The van der Waals surface area contributed by atoms with E-state index < -0.39 is 0 Å². The number of nitrogens with zero attached hydrogens (tertiary/aromatic N) is 2. The summed E-state index contributed by atoms with van der Waals surface area (Å²) in [6, 6.07) is 19.3. The fourth-order valence-electron chi connectivity index (χ4n) is 2.71. The molecule has 1 aliphatic heterocycles. The summed E-state index contributed by atoms with van der Waals surface area (Å²) in [4.78, 5) is 4.87. The number of benzene rings is 2. The van der Waals surface area contributed by atoms with Gasteiger partial charge >= 0.3 is 0 Å². The van der Waals surface area contributed by atoms with Crippen molar-refractivity contribution in [1.82, 2.24) is 4.90 Å². The lowest BCUT2D eigenvalue weighted by molar-refractivity contribution is 0.351. The molecule has 3 rings (SSSR count). The van der Waals surface area contributed by atoms with Crippen LogP contribution in [0.2, 0.25) is 0 Å². The van der Waals surface area contributed by atoms with Gasteiger partial charge in [-0.3, -0.25) is 0 Å². The summed E-state index contributed by atoms with van der Waals surface area (Å²) in [5.74, 6) is 0. The molecule has 0 spiro atoms. The van der Waals surface area contributed by atoms with Crippen molar-refractivity contribution in [3.63, 3.8) is 0 Å². The molecular formula is C19H22N2. The number of rotatable bonds is 3. The van der Waals surface area contributed by atoms with E-state index in [-0.39, 0.29) is 0 Å². The SMILES string of the molecule is Cc1cccc(N2CCN(/C=C/c3ccccc3)CC2)c1. The fraction of sp³-hybridized carbons (Fsp3) is 0.263. The van der Waals surface area contributed by atoms with Crippen LogP contribution in [0, 0.1) is 6.92 Å². The number of piperazine rings is 1. The Bertz CT molecular complexity index is 596. The average Bonchev–Trinajstić information content (AvgIpc) is 2.54. The molecule has 21 heavy (non-hydrogen) atoms. The van der Waals surface area contributed by atoms with Gasteiger partial charge in [0, 0.05) is 31.9 Å². The first kappa shape index (κ1) is 13.7. The first-order valence-electron chi connectivity index (χ1n) is 7.60. The Labute approximate surface area is 127 Å². The standard InChI is InChI=1S/C19H22N2/c1-17-6-5-9-19(16-17)21-14-12-20(13-15-21)11-10-18-7-3-2-4-8-18/h2-11,16H,12-15H2,1H3/b11-10+. The average molecular weight is 278 g/mol. The second-order valence-electron chi connectivity index (χ2n) is 5.59. The molecule has 0 amide bonds. The lowest BCUT2D eigenvalue weighted by Gasteiger charge is -2.35. The summed E-state index contributed by atoms with van der Waals surface area (Å²) in [6.07, 6.45) is 4.42. The van der Waals surface area contributed by atoms with Gasteiger partial charge in [-0.15, -0.1) is 0 Å². The third-order valence-corrected chi connectivity index (χ3v) is 3.96. The minimum Gasteiger partial charge on any atom is -0.374 e. The van der Waals surface area contributed by atoms with Crippen molar-refractivity contribution in [2.75, 3.05) is 31.1 Å². The third-order valence-electron chi connectivity index (χ3n) is 3.96. The van der Waals surface area contributed by atoms with E-state index in [4.69, 9.17) is 0 Å². The van der Waals surface area contributed by atoms with E-state index in [2.05, 4.69) is 83.6 Å². The number of aryl methyl sites for hydroxylation is 1. The van der Waals surface area contributed by atoms with Crippen LogP contribution < -0.4 is 4.90 Å². The maximum Gasteiger partial charge on any atom is 0.0370 e. The summed E-state index contributed by atoms with van der Waals surface area (Å²) < 4.78 is 0. The van der Waals surface area contributed by atoms with Crippen LogP contribution in [-0.4, -0.2) is 31.1 Å². The minimum atomic E-state index is 1.08. The summed E-state index contributed by atoms with van der Waals surface area (Å²) in [7, 11) is 0. The van der Waals surface area contributed by atoms with Gasteiger partial charge in [0.2, 0.25) is 0 Å². The van der Waals surface area contributed by atoms with Crippen LogP contribution in [-0.2, 0) is 0 Å².